The van der Waals surface area contributed by atoms with Gasteiger partial charge in [-0.2, -0.15) is 0 Å². The molecule has 1 aromatic rings. The third-order valence-electron chi connectivity index (χ3n) is 3.52. The average molecular weight is 286 g/mol. The van der Waals surface area contributed by atoms with Crippen LogP contribution in [0.4, 0.5) is 0 Å². The Labute approximate surface area is 114 Å². The molecule has 1 rings (SSSR count). The largest absolute Gasteiger partial charge is 0.477 e. The molecule has 0 unspecified atom stereocenters. The van der Waals surface area contributed by atoms with E-state index in [9.17, 15) is 4.79 Å². The van der Waals surface area contributed by atoms with Crippen LogP contribution in [0.1, 0.15) is 36.0 Å². The molecule has 0 aromatic carbocycles. The maximum atomic E-state index is 10.8. The highest BCUT2D eigenvalue weighted by Crippen LogP contribution is 2.36. The highest BCUT2D eigenvalue weighted by molar-refractivity contribution is 7.12. The Hall–Kier alpha value is -0.653. The number of hydrogen-bond donors (Lipinski definition) is 1. The van der Waals surface area contributed by atoms with Crippen LogP contribution in [0, 0.1) is 0 Å². The summed E-state index contributed by atoms with van der Waals surface area (Å²) in [5.74, 6) is -0.850. The number of thiophene rings is 1. The third kappa shape index (κ3) is 3.93. The Balaban J connectivity index is 2.49. The highest BCUT2D eigenvalue weighted by atomic mass is 32.1. The Morgan fingerprint density at radius 3 is 2.50 bits per heavy atom. The normalized spacial score (nSPS) is 12.7. The third-order valence-corrected chi connectivity index (χ3v) is 9.03. The van der Waals surface area contributed by atoms with Gasteiger partial charge in [0.2, 0.25) is 0 Å². The lowest BCUT2D eigenvalue weighted by molar-refractivity contribution is 0.0702. The molecule has 1 aromatic heterocycles. The molecule has 5 heteroatoms. The molecule has 3 nitrogen and oxygen atoms in total. The van der Waals surface area contributed by atoms with E-state index in [0.29, 0.717) is 11.5 Å². The van der Waals surface area contributed by atoms with Gasteiger partial charge in [0.05, 0.1) is 0 Å². The fourth-order valence-corrected chi connectivity index (χ4v) is 3.09. The Bertz CT molecular complexity index is 418. The summed E-state index contributed by atoms with van der Waals surface area (Å²) in [5, 5.41) is 11.0. The number of aromatic carboxylic acids is 1. The van der Waals surface area contributed by atoms with Gasteiger partial charge in [0.25, 0.3) is 0 Å². The van der Waals surface area contributed by atoms with E-state index in [1.165, 1.54) is 11.3 Å². The zero-order valence-corrected chi connectivity index (χ0v) is 13.6. The molecule has 0 atom stereocenters. The second-order valence-electron chi connectivity index (χ2n) is 5.98. The van der Waals surface area contributed by atoms with Crippen molar-refractivity contribution in [1.29, 1.82) is 0 Å². The van der Waals surface area contributed by atoms with Gasteiger partial charge in [-0.05, 0) is 41.6 Å². The fraction of sp³-hybridized carbons (Fsp3) is 0.615. The van der Waals surface area contributed by atoms with Gasteiger partial charge in [-0.25, -0.2) is 4.79 Å². The molecule has 0 aliphatic heterocycles. The number of carboxylic acid groups (broad SMARTS) is 1. The molecule has 0 aliphatic carbocycles. The van der Waals surface area contributed by atoms with Gasteiger partial charge in [-0.1, -0.05) is 20.8 Å². The Morgan fingerprint density at radius 1 is 1.44 bits per heavy atom. The molecular formula is C13H22O3SSi. The number of rotatable bonds is 5. The van der Waals surface area contributed by atoms with E-state index in [-0.39, 0.29) is 5.04 Å². The van der Waals surface area contributed by atoms with Crippen LogP contribution in [-0.2, 0) is 10.8 Å². The van der Waals surface area contributed by atoms with E-state index in [1.54, 1.807) is 6.07 Å². The number of hydrogen-bond acceptors (Lipinski definition) is 3. The van der Waals surface area contributed by atoms with Gasteiger partial charge in [0, 0.05) is 6.61 Å². The first-order valence-electron chi connectivity index (χ1n) is 6.08. The van der Waals surface area contributed by atoms with E-state index in [1.807, 2.05) is 5.38 Å². The van der Waals surface area contributed by atoms with Crippen LogP contribution in [0.25, 0.3) is 0 Å². The van der Waals surface area contributed by atoms with Gasteiger partial charge in [-0.3, -0.25) is 0 Å². The second-order valence-corrected chi connectivity index (χ2v) is 11.7. The Morgan fingerprint density at radius 2 is 2.06 bits per heavy atom. The molecule has 0 aliphatic rings. The topological polar surface area (TPSA) is 46.5 Å². The van der Waals surface area contributed by atoms with Crippen LogP contribution in [0.2, 0.25) is 18.1 Å². The van der Waals surface area contributed by atoms with Crippen LogP contribution < -0.4 is 0 Å². The van der Waals surface area contributed by atoms with Crippen LogP contribution in [0.5, 0.6) is 0 Å². The van der Waals surface area contributed by atoms with Crippen molar-refractivity contribution in [2.24, 2.45) is 0 Å². The molecule has 1 heterocycles. The van der Waals surface area contributed by atoms with E-state index in [0.717, 1.165) is 12.0 Å². The lowest BCUT2D eigenvalue weighted by atomic mass is 10.2. The van der Waals surface area contributed by atoms with Crippen molar-refractivity contribution in [2.75, 3.05) is 6.61 Å². The summed E-state index contributed by atoms with van der Waals surface area (Å²) in [6, 6.07) is 1.74. The van der Waals surface area contributed by atoms with Gasteiger partial charge in [-0.15, -0.1) is 11.3 Å². The molecule has 1 N–H and O–H groups in total. The first kappa shape index (κ1) is 15.4. The summed E-state index contributed by atoms with van der Waals surface area (Å²) in [4.78, 5) is 11.2. The van der Waals surface area contributed by atoms with Crippen LogP contribution >= 0.6 is 11.3 Å². The predicted octanol–water partition coefficient (Wildman–Crippen LogP) is 4.01. The molecule has 102 valence electrons. The molecule has 0 spiro atoms. The summed E-state index contributed by atoms with van der Waals surface area (Å²) < 4.78 is 6.06. The molecule has 18 heavy (non-hydrogen) atoms. The maximum Gasteiger partial charge on any atom is 0.345 e. The molecule has 0 saturated heterocycles. The quantitative estimate of drug-likeness (QED) is 0.832. The SMILES string of the molecule is CC(C)(C)[Si](C)(C)OCCc1csc(C(=O)O)c1. The van der Waals surface area contributed by atoms with Crippen molar-refractivity contribution in [3.8, 4) is 0 Å². The summed E-state index contributed by atoms with van der Waals surface area (Å²) >= 11 is 1.28. The summed E-state index contributed by atoms with van der Waals surface area (Å²) in [6.07, 6.45) is 0.788. The lowest BCUT2D eigenvalue weighted by Crippen LogP contribution is -2.41. The summed E-state index contributed by atoms with van der Waals surface area (Å²) in [5.41, 5.74) is 1.05. The summed E-state index contributed by atoms with van der Waals surface area (Å²) in [7, 11) is -1.69. The molecule has 0 fully saturated rings. The highest BCUT2D eigenvalue weighted by Gasteiger charge is 2.36. The molecule has 0 saturated carbocycles. The molecule has 0 bridgehead atoms. The van der Waals surface area contributed by atoms with Crippen LogP contribution in [-0.4, -0.2) is 26.0 Å². The maximum absolute atomic E-state index is 10.8. The van der Waals surface area contributed by atoms with E-state index < -0.39 is 14.3 Å². The zero-order chi connectivity index (χ0) is 14.0. The van der Waals surface area contributed by atoms with Crippen LogP contribution in [0.3, 0.4) is 0 Å². The lowest BCUT2D eigenvalue weighted by Gasteiger charge is -2.36. The van der Waals surface area contributed by atoms with Gasteiger partial charge in [0.1, 0.15) is 4.88 Å². The monoisotopic (exact) mass is 286 g/mol. The summed E-state index contributed by atoms with van der Waals surface area (Å²) in [6.45, 7) is 11.8. The van der Waals surface area contributed by atoms with Crippen molar-refractivity contribution in [3.05, 3.63) is 21.9 Å². The first-order chi connectivity index (χ1) is 8.13. The minimum Gasteiger partial charge on any atom is -0.477 e. The van der Waals surface area contributed by atoms with Crippen LogP contribution in [0.15, 0.2) is 11.4 Å². The van der Waals surface area contributed by atoms with Crippen molar-refractivity contribution in [1.82, 2.24) is 0 Å². The molecular weight excluding hydrogens is 264 g/mol. The van der Waals surface area contributed by atoms with Crippen molar-refractivity contribution >= 4 is 25.6 Å². The van der Waals surface area contributed by atoms with Crippen molar-refractivity contribution in [2.45, 2.75) is 45.3 Å². The average Bonchev–Trinajstić information content (AvgIpc) is 2.64. The van der Waals surface area contributed by atoms with E-state index in [2.05, 4.69) is 33.9 Å². The second kappa shape index (κ2) is 5.55. The number of carbonyl (C=O) groups is 1. The van der Waals surface area contributed by atoms with Gasteiger partial charge in [0.15, 0.2) is 8.32 Å². The zero-order valence-electron chi connectivity index (χ0n) is 11.7. The smallest absolute Gasteiger partial charge is 0.345 e. The Kier molecular flexibility index (Phi) is 4.75. The molecule has 0 radical (unpaired) electrons. The van der Waals surface area contributed by atoms with Gasteiger partial charge < -0.3 is 9.53 Å². The van der Waals surface area contributed by atoms with Crippen molar-refractivity contribution in [3.63, 3.8) is 0 Å². The van der Waals surface area contributed by atoms with E-state index in [4.69, 9.17) is 9.53 Å². The molecule has 0 amide bonds. The standard InChI is InChI=1S/C13H22O3SSi/c1-13(2,3)18(4,5)16-7-6-10-8-11(12(14)15)17-9-10/h8-9H,6-7H2,1-5H3,(H,14,15). The first-order valence-corrected chi connectivity index (χ1v) is 9.87. The van der Waals surface area contributed by atoms with Crippen molar-refractivity contribution < 1.29 is 14.3 Å². The van der Waals surface area contributed by atoms with E-state index >= 15 is 0 Å². The minimum atomic E-state index is -1.69. The minimum absolute atomic E-state index is 0.216. The number of carboxylic acids is 1. The predicted molar refractivity (Wildman–Crippen MR) is 78.1 cm³/mol. The van der Waals surface area contributed by atoms with Gasteiger partial charge >= 0.3 is 5.97 Å². The fourth-order valence-electron chi connectivity index (χ4n) is 1.26.